The molecule has 0 spiro atoms. The summed E-state index contributed by atoms with van der Waals surface area (Å²) in [6.07, 6.45) is 4.74. The predicted molar refractivity (Wildman–Crippen MR) is 80.8 cm³/mol. The lowest BCUT2D eigenvalue weighted by Crippen LogP contribution is -2.19. The van der Waals surface area contributed by atoms with E-state index in [0.717, 1.165) is 15.4 Å². The number of hydrogen-bond donors (Lipinski definition) is 1. The van der Waals surface area contributed by atoms with Crippen LogP contribution in [0, 0.1) is 17.0 Å². The molecule has 0 aliphatic rings. The van der Waals surface area contributed by atoms with Crippen molar-refractivity contribution >= 4 is 29.0 Å². The van der Waals surface area contributed by atoms with Gasteiger partial charge in [0.25, 0.3) is 5.69 Å². The van der Waals surface area contributed by atoms with Crippen molar-refractivity contribution < 1.29 is 9.72 Å². The molecule has 1 aromatic carbocycles. The van der Waals surface area contributed by atoms with Gasteiger partial charge in [-0.3, -0.25) is 14.9 Å². The molecule has 1 heterocycles. The molecule has 0 bridgehead atoms. The van der Waals surface area contributed by atoms with Crippen molar-refractivity contribution in [2.75, 3.05) is 0 Å². The molecule has 6 nitrogen and oxygen atoms in total. The molecule has 2 rings (SSSR count). The Morgan fingerprint density at radius 3 is 2.71 bits per heavy atom. The molecule has 0 atom stereocenters. The molecule has 1 amide bonds. The first-order valence-electron chi connectivity index (χ1n) is 6.16. The van der Waals surface area contributed by atoms with E-state index in [-0.39, 0.29) is 11.6 Å². The molecular formula is C14H13N3O3S. The Kier molecular flexibility index (Phi) is 4.78. The first-order valence-corrected chi connectivity index (χ1v) is 6.98. The maximum atomic E-state index is 11.6. The number of aryl methyl sites for hydroxylation is 1. The zero-order valence-electron chi connectivity index (χ0n) is 11.3. The van der Waals surface area contributed by atoms with Gasteiger partial charge in [-0.05, 0) is 30.7 Å². The van der Waals surface area contributed by atoms with Gasteiger partial charge in [0, 0.05) is 29.3 Å². The average molecular weight is 303 g/mol. The Morgan fingerprint density at radius 1 is 1.43 bits per heavy atom. The van der Waals surface area contributed by atoms with Gasteiger partial charge >= 0.3 is 0 Å². The number of nitrogens with one attached hydrogen (secondary N) is 1. The third kappa shape index (κ3) is 4.50. The van der Waals surface area contributed by atoms with Crippen LogP contribution in [-0.2, 0) is 11.3 Å². The monoisotopic (exact) mass is 303 g/mol. The topological polar surface area (TPSA) is 85.1 Å². The number of rotatable bonds is 5. The number of benzene rings is 1. The second-order valence-electron chi connectivity index (χ2n) is 4.25. The highest BCUT2D eigenvalue weighted by molar-refractivity contribution is 7.11. The lowest BCUT2D eigenvalue weighted by atomic mass is 10.2. The van der Waals surface area contributed by atoms with Crippen LogP contribution in [0.15, 0.2) is 36.5 Å². The lowest BCUT2D eigenvalue weighted by molar-refractivity contribution is -0.384. The van der Waals surface area contributed by atoms with Gasteiger partial charge in [0.2, 0.25) is 5.91 Å². The summed E-state index contributed by atoms with van der Waals surface area (Å²) in [5, 5.41) is 14.2. The second kappa shape index (κ2) is 6.76. The minimum absolute atomic E-state index is 0.0252. The van der Waals surface area contributed by atoms with Crippen LogP contribution >= 0.6 is 11.3 Å². The fourth-order valence-electron chi connectivity index (χ4n) is 1.60. The van der Waals surface area contributed by atoms with Gasteiger partial charge in [0.05, 0.1) is 16.5 Å². The Morgan fingerprint density at radius 2 is 2.14 bits per heavy atom. The summed E-state index contributed by atoms with van der Waals surface area (Å²) >= 11 is 1.53. The van der Waals surface area contributed by atoms with Crippen molar-refractivity contribution in [2.45, 2.75) is 13.5 Å². The van der Waals surface area contributed by atoms with E-state index < -0.39 is 4.92 Å². The summed E-state index contributed by atoms with van der Waals surface area (Å²) in [6.45, 7) is 2.35. The third-order valence-electron chi connectivity index (χ3n) is 2.64. The maximum Gasteiger partial charge on any atom is 0.269 e. The van der Waals surface area contributed by atoms with E-state index in [1.807, 2.05) is 6.92 Å². The second-order valence-corrected chi connectivity index (χ2v) is 5.56. The summed E-state index contributed by atoms with van der Waals surface area (Å²) in [5.74, 6) is -0.223. The summed E-state index contributed by atoms with van der Waals surface area (Å²) in [5.41, 5.74) is 0.751. The number of nitro groups is 1. The summed E-state index contributed by atoms with van der Waals surface area (Å²) < 4.78 is 0. The van der Waals surface area contributed by atoms with E-state index in [2.05, 4.69) is 10.3 Å². The number of thiazole rings is 1. The molecule has 21 heavy (non-hydrogen) atoms. The van der Waals surface area contributed by atoms with E-state index >= 15 is 0 Å². The molecule has 0 aliphatic heterocycles. The summed E-state index contributed by atoms with van der Waals surface area (Å²) in [7, 11) is 0. The molecule has 0 aliphatic carbocycles. The predicted octanol–water partition coefficient (Wildman–Crippen LogP) is 2.69. The highest BCUT2D eigenvalue weighted by Crippen LogP contribution is 2.13. The fraction of sp³-hybridized carbons (Fsp3) is 0.143. The SMILES string of the molecule is Cc1ncc(CNC(=O)C=Cc2ccc([N+](=O)[O-])cc2)s1. The van der Waals surface area contributed by atoms with Crippen molar-refractivity contribution in [3.05, 3.63) is 62.1 Å². The highest BCUT2D eigenvalue weighted by atomic mass is 32.1. The quantitative estimate of drug-likeness (QED) is 0.523. The number of carbonyl (C=O) groups excluding carboxylic acids is 1. The van der Waals surface area contributed by atoms with Gasteiger partial charge in [-0.1, -0.05) is 0 Å². The minimum atomic E-state index is -0.461. The van der Waals surface area contributed by atoms with Crippen LogP contribution in [0.25, 0.3) is 6.08 Å². The molecule has 1 aromatic heterocycles. The van der Waals surface area contributed by atoms with Crippen molar-refractivity contribution in [3.63, 3.8) is 0 Å². The molecule has 1 N–H and O–H groups in total. The van der Waals surface area contributed by atoms with Crippen molar-refractivity contribution in [2.24, 2.45) is 0 Å². The van der Waals surface area contributed by atoms with Gasteiger partial charge < -0.3 is 5.32 Å². The standard InChI is InChI=1S/C14H13N3O3S/c1-10-15-8-13(21-10)9-16-14(18)7-4-11-2-5-12(6-3-11)17(19)20/h2-8H,9H2,1H3,(H,16,18). The molecule has 2 aromatic rings. The van der Waals surface area contributed by atoms with Crippen LogP contribution in [0.3, 0.4) is 0 Å². The van der Waals surface area contributed by atoms with Crippen LogP contribution in [-0.4, -0.2) is 15.8 Å². The number of nitrogens with zero attached hydrogens (tertiary/aromatic N) is 2. The minimum Gasteiger partial charge on any atom is -0.348 e. The van der Waals surface area contributed by atoms with E-state index in [1.165, 1.54) is 29.5 Å². The Hall–Kier alpha value is -2.54. The Bertz CT molecular complexity index is 677. The van der Waals surface area contributed by atoms with Crippen molar-refractivity contribution in [1.82, 2.24) is 10.3 Å². The van der Waals surface area contributed by atoms with Crippen molar-refractivity contribution in [3.8, 4) is 0 Å². The van der Waals surface area contributed by atoms with Crippen LogP contribution < -0.4 is 5.32 Å². The normalized spacial score (nSPS) is 10.7. The van der Waals surface area contributed by atoms with Crippen LogP contribution in [0.4, 0.5) is 5.69 Å². The Labute approximate surface area is 125 Å². The number of non-ortho nitro benzene ring substituents is 1. The van der Waals surface area contributed by atoms with Gasteiger partial charge in [0.1, 0.15) is 0 Å². The Balaban J connectivity index is 1.88. The number of aromatic nitrogens is 1. The zero-order valence-corrected chi connectivity index (χ0v) is 12.1. The highest BCUT2D eigenvalue weighted by Gasteiger charge is 2.03. The third-order valence-corrected chi connectivity index (χ3v) is 3.55. The van der Waals surface area contributed by atoms with E-state index in [1.54, 1.807) is 24.4 Å². The maximum absolute atomic E-state index is 11.6. The largest absolute Gasteiger partial charge is 0.348 e. The molecule has 0 radical (unpaired) electrons. The fourth-order valence-corrected chi connectivity index (χ4v) is 2.33. The van der Waals surface area contributed by atoms with Crippen LogP contribution in [0.1, 0.15) is 15.4 Å². The lowest BCUT2D eigenvalue weighted by Gasteiger charge is -1.98. The van der Waals surface area contributed by atoms with Gasteiger partial charge in [-0.25, -0.2) is 4.98 Å². The van der Waals surface area contributed by atoms with Gasteiger partial charge in [0.15, 0.2) is 0 Å². The smallest absolute Gasteiger partial charge is 0.269 e. The average Bonchev–Trinajstić information content (AvgIpc) is 2.89. The van der Waals surface area contributed by atoms with E-state index in [4.69, 9.17) is 0 Å². The first kappa shape index (κ1) is 14.9. The first-order chi connectivity index (χ1) is 10.0. The molecule has 108 valence electrons. The molecule has 0 unspecified atom stereocenters. The number of nitro benzene ring substituents is 1. The number of carbonyl (C=O) groups is 1. The van der Waals surface area contributed by atoms with E-state index in [0.29, 0.717) is 6.54 Å². The van der Waals surface area contributed by atoms with Crippen LogP contribution in [0.5, 0.6) is 0 Å². The number of hydrogen-bond acceptors (Lipinski definition) is 5. The molecule has 0 saturated carbocycles. The molecule has 0 fully saturated rings. The molecule has 0 saturated heterocycles. The zero-order chi connectivity index (χ0) is 15.2. The van der Waals surface area contributed by atoms with E-state index in [9.17, 15) is 14.9 Å². The van der Waals surface area contributed by atoms with Gasteiger partial charge in [-0.2, -0.15) is 0 Å². The number of amides is 1. The van der Waals surface area contributed by atoms with Gasteiger partial charge in [-0.15, -0.1) is 11.3 Å². The molecular weight excluding hydrogens is 290 g/mol. The summed E-state index contributed by atoms with van der Waals surface area (Å²) in [6, 6.07) is 5.98. The molecule has 7 heteroatoms. The van der Waals surface area contributed by atoms with Crippen molar-refractivity contribution in [1.29, 1.82) is 0 Å². The van der Waals surface area contributed by atoms with Crippen LogP contribution in [0.2, 0.25) is 0 Å². The summed E-state index contributed by atoms with van der Waals surface area (Å²) in [4.78, 5) is 26.8.